The van der Waals surface area contributed by atoms with Gasteiger partial charge >= 0.3 is 0 Å². The predicted molar refractivity (Wildman–Crippen MR) is 122 cm³/mol. The fraction of sp³-hybridized carbons (Fsp3) is 0.480. The molecule has 32 heavy (non-hydrogen) atoms. The molecule has 1 aliphatic rings. The molecule has 1 saturated heterocycles. The van der Waals surface area contributed by atoms with E-state index >= 15 is 0 Å². The van der Waals surface area contributed by atoms with Gasteiger partial charge in [-0.15, -0.1) is 0 Å². The SMILES string of the molecule is COc1ccc(Cc2cnc(C3CCCN(C(=O)c4cc(CC(C)C)nn4C)C3)o2)cc1. The lowest BCUT2D eigenvalue weighted by Gasteiger charge is -2.31. The quantitative estimate of drug-likeness (QED) is 0.554. The number of aryl methyl sites for hydroxylation is 1. The average molecular weight is 437 g/mol. The van der Waals surface area contributed by atoms with Gasteiger partial charge in [-0.05, 0) is 48.9 Å². The van der Waals surface area contributed by atoms with Crippen LogP contribution in [0.5, 0.6) is 5.75 Å². The van der Waals surface area contributed by atoms with Crippen LogP contribution in [-0.2, 0) is 19.9 Å². The van der Waals surface area contributed by atoms with Crippen LogP contribution in [0.3, 0.4) is 0 Å². The maximum atomic E-state index is 13.2. The molecule has 7 nitrogen and oxygen atoms in total. The van der Waals surface area contributed by atoms with E-state index in [1.807, 2.05) is 42.3 Å². The molecule has 0 aliphatic carbocycles. The van der Waals surface area contributed by atoms with Crippen LogP contribution in [0.4, 0.5) is 0 Å². The molecule has 3 aromatic rings. The van der Waals surface area contributed by atoms with Gasteiger partial charge < -0.3 is 14.1 Å². The summed E-state index contributed by atoms with van der Waals surface area (Å²) in [6, 6.07) is 9.89. The fourth-order valence-electron chi connectivity index (χ4n) is 4.31. The van der Waals surface area contributed by atoms with Gasteiger partial charge in [-0.1, -0.05) is 26.0 Å². The summed E-state index contributed by atoms with van der Waals surface area (Å²) in [5, 5.41) is 4.53. The number of carbonyl (C=O) groups excluding carboxylic acids is 1. The number of hydrogen-bond donors (Lipinski definition) is 0. The number of benzene rings is 1. The van der Waals surface area contributed by atoms with E-state index in [4.69, 9.17) is 9.15 Å². The van der Waals surface area contributed by atoms with Gasteiger partial charge in [0.15, 0.2) is 5.89 Å². The Morgan fingerprint density at radius 1 is 1.28 bits per heavy atom. The van der Waals surface area contributed by atoms with E-state index in [0.717, 1.165) is 54.5 Å². The first-order valence-corrected chi connectivity index (χ1v) is 11.3. The largest absolute Gasteiger partial charge is 0.497 e. The van der Waals surface area contributed by atoms with Gasteiger partial charge in [-0.25, -0.2) is 4.98 Å². The third-order valence-electron chi connectivity index (χ3n) is 5.93. The maximum absolute atomic E-state index is 13.2. The number of ether oxygens (including phenoxy) is 1. The molecule has 0 spiro atoms. The lowest BCUT2D eigenvalue weighted by molar-refractivity contribution is 0.0686. The van der Waals surface area contributed by atoms with E-state index in [0.29, 0.717) is 24.6 Å². The van der Waals surface area contributed by atoms with Gasteiger partial charge in [-0.2, -0.15) is 5.10 Å². The van der Waals surface area contributed by atoms with E-state index in [9.17, 15) is 4.79 Å². The van der Waals surface area contributed by atoms with Crippen molar-refractivity contribution in [3.8, 4) is 5.75 Å². The number of amides is 1. The van der Waals surface area contributed by atoms with Gasteiger partial charge in [0.25, 0.3) is 5.91 Å². The molecule has 4 rings (SSSR count). The molecule has 0 N–H and O–H groups in total. The molecular formula is C25H32N4O3. The Morgan fingerprint density at radius 2 is 2.06 bits per heavy atom. The summed E-state index contributed by atoms with van der Waals surface area (Å²) in [6.07, 6.45) is 5.26. The van der Waals surface area contributed by atoms with E-state index in [-0.39, 0.29) is 11.8 Å². The third-order valence-corrected chi connectivity index (χ3v) is 5.93. The van der Waals surface area contributed by atoms with Crippen LogP contribution in [0.15, 0.2) is 40.9 Å². The molecule has 1 atom stereocenters. The summed E-state index contributed by atoms with van der Waals surface area (Å²) >= 11 is 0. The number of oxazole rings is 1. The number of aromatic nitrogens is 3. The molecule has 0 bridgehead atoms. The first kappa shape index (κ1) is 22.1. The van der Waals surface area contributed by atoms with Gasteiger partial charge in [-0.3, -0.25) is 9.48 Å². The predicted octanol–water partition coefficient (Wildman–Crippen LogP) is 4.23. The second-order valence-electron chi connectivity index (χ2n) is 9.02. The van der Waals surface area contributed by atoms with Crippen molar-refractivity contribution in [3.05, 3.63) is 65.1 Å². The number of hydrogen-bond acceptors (Lipinski definition) is 5. The van der Waals surface area contributed by atoms with Crippen LogP contribution in [0, 0.1) is 5.92 Å². The molecule has 3 heterocycles. The molecule has 2 aromatic heterocycles. The van der Waals surface area contributed by atoms with Crippen LogP contribution in [-0.4, -0.2) is 45.8 Å². The standard InChI is InChI=1S/C25H32N4O3/c1-17(2)12-20-14-23(28(3)27-20)25(30)29-11-5-6-19(16-29)24-26-15-22(32-24)13-18-7-9-21(31-4)10-8-18/h7-10,14-15,17,19H,5-6,11-13,16H2,1-4H3. The summed E-state index contributed by atoms with van der Waals surface area (Å²) in [5.74, 6) is 3.04. The molecule has 170 valence electrons. The highest BCUT2D eigenvalue weighted by Crippen LogP contribution is 2.28. The van der Waals surface area contributed by atoms with Crippen molar-refractivity contribution in [2.24, 2.45) is 13.0 Å². The molecular weight excluding hydrogens is 404 g/mol. The van der Waals surface area contributed by atoms with E-state index < -0.39 is 0 Å². The van der Waals surface area contributed by atoms with Crippen molar-refractivity contribution in [1.82, 2.24) is 19.7 Å². The highest BCUT2D eigenvalue weighted by Gasteiger charge is 2.30. The zero-order valence-electron chi connectivity index (χ0n) is 19.4. The number of methoxy groups -OCH3 is 1. The highest BCUT2D eigenvalue weighted by molar-refractivity contribution is 5.92. The Labute approximate surface area is 189 Å². The minimum atomic E-state index is 0.0321. The van der Waals surface area contributed by atoms with E-state index in [2.05, 4.69) is 23.9 Å². The molecule has 0 saturated carbocycles. The first-order valence-electron chi connectivity index (χ1n) is 11.3. The van der Waals surface area contributed by atoms with Crippen LogP contribution >= 0.6 is 0 Å². The highest BCUT2D eigenvalue weighted by atomic mass is 16.5. The van der Waals surface area contributed by atoms with E-state index in [1.54, 1.807) is 18.0 Å². The smallest absolute Gasteiger partial charge is 0.272 e. The molecule has 1 aliphatic heterocycles. The normalized spacial score (nSPS) is 16.5. The Balaban J connectivity index is 1.42. The lowest BCUT2D eigenvalue weighted by atomic mass is 9.97. The van der Waals surface area contributed by atoms with Crippen molar-refractivity contribution >= 4 is 5.91 Å². The summed E-state index contributed by atoms with van der Waals surface area (Å²) in [5.41, 5.74) is 2.76. The van der Waals surface area contributed by atoms with Gasteiger partial charge in [0.2, 0.25) is 0 Å². The molecule has 1 fully saturated rings. The number of carbonyl (C=O) groups is 1. The second-order valence-corrected chi connectivity index (χ2v) is 9.02. The number of rotatable bonds is 7. The average Bonchev–Trinajstić information content (AvgIpc) is 3.40. The lowest BCUT2D eigenvalue weighted by Crippen LogP contribution is -2.40. The van der Waals surface area contributed by atoms with Crippen molar-refractivity contribution in [3.63, 3.8) is 0 Å². The summed E-state index contributed by atoms with van der Waals surface area (Å²) in [6.45, 7) is 5.68. The van der Waals surface area contributed by atoms with Crippen LogP contribution in [0.1, 0.15) is 66.0 Å². The molecule has 0 radical (unpaired) electrons. The zero-order chi connectivity index (χ0) is 22.7. The van der Waals surface area contributed by atoms with Crippen LogP contribution in [0.25, 0.3) is 0 Å². The Kier molecular flexibility index (Phi) is 6.63. The number of likely N-dealkylation sites (tertiary alicyclic amines) is 1. The Bertz CT molecular complexity index is 1050. The van der Waals surface area contributed by atoms with Gasteiger partial charge in [0.05, 0.1) is 24.9 Å². The Hall–Kier alpha value is -3.09. The van der Waals surface area contributed by atoms with Gasteiger partial charge in [0.1, 0.15) is 17.2 Å². The fourth-order valence-corrected chi connectivity index (χ4v) is 4.31. The topological polar surface area (TPSA) is 73.4 Å². The minimum absolute atomic E-state index is 0.0321. The van der Waals surface area contributed by atoms with Crippen LogP contribution < -0.4 is 4.74 Å². The Morgan fingerprint density at radius 3 is 2.78 bits per heavy atom. The van der Waals surface area contributed by atoms with E-state index in [1.165, 1.54) is 0 Å². The first-order chi connectivity index (χ1) is 15.4. The van der Waals surface area contributed by atoms with Crippen molar-refractivity contribution in [1.29, 1.82) is 0 Å². The number of nitrogens with zero attached hydrogens (tertiary/aromatic N) is 4. The minimum Gasteiger partial charge on any atom is -0.497 e. The molecule has 1 amide bonds. The summed E-state index contributed by atoms with van der Waals surface area (Å²) in [4.78, 5) is 19.7. The molecule has 7 heteroatoms. The molecule has 1 aromatic carbocycles. The summed E-state index contributed by atoms with van der Waals surface area (Å²) in [7, 11) is 3.51. The number of piperidine rings is 1. The molecule has 1 unspecified atom stereocenters. The third kappa shape index (κ3) is 5.03. The zero-order valence-corrected chi connectivity index (χ0v) is 19.4. The maximum Gasteiger partial charge on any atom is 0.272 e. The van der Waals surface area contributed by atoms with Crippen LogP contribution in [0.2, 0.25) is 0 Å². The van der Waals surface area contributed by atoms with Crippen molar-refractivity contribution in [2.45, 2.75) is 45.4 Å². The van der Waals surface area contributed by atoms with Crippen molar-refractivity contribution < 1.29 is 13.9 Å². The monoisotopic (exact) mass is 436 g/mol. The second kappa shape index (κ2) is 9.59. The summed E-state index contributed by atoms with van der Waals surface area (Å²) < 4.78 is 13.0. The van der Waals surface area contributed by atoms with Crippen molar-refractivity contribution in [2.75, 3.05) is 20.2 Å². The van der Waals surface area contributed by atoms with Gasteiger partial charge in [0, 0.05) is 26.6 Å².